The van der Waals surface area contributed by atoms with Crippen LogP contribution in [0.5, 0.6) is 0 Å². The van der Waals surface area contributed by atoms with Gasteiger partial charge < -0.3 is 10.0 Å². The molecule has 39 heavy (non-hydrogen) atoms. The van der Waals surface area contributed by atoms with Gasteiger partial charge in [0.25, 0.3) is 11.8 Å². The Hall–Kier alpha value is -3.85. The zero-order chi connectivity index (χ0) is 26.9. The largest absolute Gasteiger partial charge is 0.380 e. The van der Waals surface area contributed by atoms with Crippen molar-refractivity contribution in [3.63, 3.8) is 0 Å². The minimum atomic E-state index is -1.19. The smallest absolute Gasteiger partial charge is 0.256 e. The SMILES string of the molecule is Cn1cc(-c2ccc(-c3ccc(C4=NC5(CC5)C(=O)N4C[C@@H]4CCN(C(=O)C5(O)CC5)C4)c(F)c3)cc2)cn1. The summed E-state index contributed by atoms with van der Waals surface area (Å²) in [7, 11) is 1.88. The summed E-state index contributed by atoms with van der Waals surface area (Å²) in [4.78, 5) is 34.0. The lowest BCUT2D eigenvalue weighted by molar-refractivity contribution is -0.141. The summed E-state index contributed by atoms with van der Waals surface area (Å²) in [5.74, 6) is -0.255. The molecular formula is C30H30FN5O3. The Morgan fingerprint density at radius 1 is 1.05 bits per heavy atom. The molecule has 1 atom stereocenters. The van der Waals surface area contributed by atoms with Crippen molar-refractivity contribution in [2.75, 3.05) is 19.6 Å². The molecule has 2 amide bonds. The van der Waals surface area contributed by atoms with Crippen molar-refractivity contribution in [3.05, 3.63) is 66.2 Å². The highest BCUT2D eigenvalue weighted by molar-refractivity contribution is 6.16. The number of rotatable bonds is 6. The lowest BCUT2D eigenvalue weighted by Gasteiger charge is -2.24. The normalized spacial score (nSPS) is 22.5. The Morgan fingerprint density at radius 3 is 2.36 bits per heavy atom. The maximum Gasteiger partial charge on any atom is 0.256 e. The van der Waals surface area contributed by atoms with E-state index in [-0.39, 0.29) is 17.7 Å². The van der Waals surface area contributed by atoms with Gasteiger partial charge in [-0.3, -0.25) is 24.2 Å². The van der Waals surface area contributed by atoms with Gasteiger partial charge in [-0.15, -0.1) is 0 Å². The molecule has 1 N–H and O–H groups in total. The molecule has 3 fully saturated rings. The van der Waals surface area contributed by atoms with Gasteiger partial charge in [0.2, 0.25) is 0 Å². The average molecular weight is 528 g/mol. The molecule has 3 aromatic rings. The quantitative estimate of drug-likeness (QED) is 0.532. The van der Waals surface area contributed by atoms with Gasteiger partial charge in [0, 0.05) is 38.4 Å². The molecule has 2 aliphatic carbocycles. The van der Waals surface area contributed by atoms with Crippen LogP contribution in [0.15, 0.2) is 59.9 Å². The van der Waals surface area contributed by atoms with E-state index in [0.717, 1.165) is 28.7 Å². The van der Waals surface area contributed by atoms with E-state index in [9.17, 15) is 14.7 Å². The van der Waals surface area contributed by atoms with E-state index in [1.807, 2.05) is 49.8 Å². The predicted octanol–water partition coefficient (Wildman–Crippen LogP) is 3.39. The Morgan fingerprint density at radius 2 is 1.74 bits per heavy atom. The van der Waals surface area contributed by atoms with Crippen molar-refractivity contribution in [3.8, 4) is 22.3 Å². The third-order valence-electron chi connectivity index (χ3n) is 8.54. The fourth-order valence-corrected chi connectivity index (χ4v) is 5.83. The molecule has 2 aromatic carbocycles. The average Bonchev–Trinajstić information content (AvgIpc) is 3.74. The van der Waals surface area contributed by atoms with Crippen LogP contribution in [0.25, 0.3) is 22.3 Å². The summed E-state index contributed by atoms with van der Waals surface area (Å²) in [6.07, 6.45) is 6.88. The molecule has 8 nitrogen and oxygen atoms in total. The number of aryl methyl sites for hydroxylation is 1. The predicted molar refractivity (Wildman–Crippen MR) is 143 cm³/mol. The first-order valence-corrected chi connectivity index (χ1v) is 13.6. The molecule has 0 radical (unpaired) electrons. The molecule has 3 heterocycles. The van der Waals surface area contributed by atoms with Gasteiger partial charge in [0.1, 0.15) is 22.8 Å². The van der Waals surface area contributed by atoms with Crippen LogP contribution in [0, 0.1) is 11.7 Å². The number of hydrogen-bond donors (Lipinski definition) is 1. The highest BCUT2D eigenvalue weighted by atomic mass is 19.1. The summed E-state index contributed by atoms with van der Waals surface area (Å²) in [6, 6.07) is 13.0. The minimum absolute atomic E-state index is 0.0556. The topological polar surface area (TPSA) is 91.0 Å². The van der Waals surface area contributed by atoms with Gasteiger partial charge in [0.05, 0.1) is 11.8 Å². The maximum absolute atomic E-state index is 15.6. The van der Waals surface area contributed by atoms with Gasteiger partial charge >= 0.3 is 0 Å². The van der Waals surface area contributed by atoms with E-state index in [1.54, 1.807) is 20.5 Å². The first-order valence-electron chi connectivity index (χ1n) is 13.6. The van der Waals surface area contributed by atoms with Gasteiger partial charge in [-0.2, -0.15) is 5.10 Å². The van der Waals surface area contributed by atoms with Gasteiger partial charge in [-0.25, -0.2) is 4.39 Å². The van der Waals surface area contributed by atoms with Crippen LogP contribution in [0.2, 0.25) is 0 Å². The molecule has 1 spiro atoms. The van der Waals surface area contributed by atoms with Crippen molar-refractivity contribution in [2.24, 2.45) is 18.0 Å². The number of nitrogens with zero attached hydrogens (tertiary/aromatic N) is 5. The second-order valence-electron chi connectivity index (χ2n) is 11.5. The second-order valence-corrected chi connectivity index (χ2v) is 11.5. The first kappa shape index (κ1) is 24.2. The van der Waals surface area contributed by atoms with Crippen molar-refractivity contribution < 1.29 is 19.1 Å². The van der Waals surface area contributed by atoms with Gasteiger partial charge in [0.15, 0.2) is 0 Å². The van der Waals surface area contributed by atoms with E-state index in [4.69, 9.17) is 4.99 Å². The minimum Gasteiger partial charge on any atom is -0.380 e. The van der Waals surface area contributed by atoms with E-state index in [1.165, 1.54) is 6.07 Å². The Balaban J connectivity index is 1.11. The monoisotopic (exact) mass is 527 g/mol. The molecule has 2 saturated carbocycles. The van der Waals surface area contributed by atoms with Gasteiger partial charge in [-0.1, -0.05) is 30.3 Å². The van der Waals surface area contributed by atoms with Crippen LogP contribution in [0.1, 0.15) is 37.7 Å². The number of halogens is 1. The van der Waals surface area contributed by atoms with E-state index in [2.05, 4.69) is 5.10 Å². The number of aromatic nitrogens is 2. The highest BCUT2D eigenvalue weighted by Gasteiger charge is 2.58. The number of carbonyl (C=O) groups excluding carboxylic acids is 2. The third-order valence-corrected chi connectivity index (χ3v) is 8.54. The third kappa shape index (κ3) is 4.16. The van der Waals surface area contributed by atoms with Crippen molar-refractivity contribution in [1.29, 1.82) is 0 Å². The molecular weight excluding hydrogens is 497 g/mol. The molecule has 1 aromatic heterocycles. The van der Waals surface area contributed by atoms with Crippen LogP contribution in [0.4, 0.5) is 4.39 Å². The molecule has 4 aliphatic rings. The zero-order valence-electron chi connectivity index (χ0n) is 21.8. The number of amides is 2. The van der Waals surface area contributed by atoms with Crippen LogP contribution in [-0.2, 0) is 16.6 Å². The number of benzene rings is 2. The summed E-state index contributed by atoms with van der Waals surface area (Å²) in [5, 5.41) is 14.4. The lowest BCUT2D eigenvalue weighted by Crippen LogP contribution is -2.42. The Kier molecular flexibility index (Phi) is 5.32. The Labute approximate surface area is 225 Å². The summed E-state index contributed by atoms with van der Waals surface area (Å²) in [6.45, 7) is 1.44. The molecule has 1 saturated heterocycles. The Bertz CT molecular complexity index is 1520. The van der Waals surface area contributed by atoms with E-state index < -0.39 is 17.0 Å². The molecule has 7 rings (SSSR count). The standard InChI is InChI=1S/C30H30FN5O3/c1-34-18-23(15-32-34)21-4-2-20(3-5-21)22-6-7-24(25(31)14-22)26-33-29(9-10-29)27(37)36(26)17-19-8-13-35(16-19)28(38)30(39)11-12-30/h2-7,14-15,18-19,39H,8-13,16-17H2,1H3/t19-/m1/s1. The van der Waals surface area contributed by atoms with Crippen molar-refractivity contribution in [2.45, 2.75) is 43.2 Å². The number of amidine groups is 1. The summed E-state index contributed by atoms with van der Waals surface area (Å²) >= 11 is 0. The van der Waals surface area contributed by atoms with Crippen molar-refractivity contribution >= 4 is 17.6 Å². The lowest BCUT2D eigenvalue weighted by atomic mass is 10.00. The molecule has 0 unspecified atom stereocenters. The molecule has 200 valence electrons. The fraction of sp³-hybridized carbons (Fsp3) is 0.400. The molecule has 2 aliphatic heterocycles. The highest BCUT2D eigenvalue weighted by Crippen LogP contribution is 2.46. The first-order chi connectivity index (χ1) is 18.7. The fourth-order valence-electron chi connectivity index (χ4n) is 5.83. The van der Waals surface area contributed by atoms with Gasteiger partial charge in [-0.05, 0) is 66.8 Å². The summed E-state index contributed by atoms with van der Waals surface area (Å²) in [5.41, 5.74) is 2.07. The molecule has 9 heteroatoms. The summed E-state index contributed by atoms with van der Waals surface area (Å²) < 4.78 is 17.4. The number of carbonyl (C=O) groups is 2. The van der Waals surface area contributed by atoms with Crippen LogP contribution >= 0.6 is 0 Å². The number of aliphatic imine (C=N–C) groups is 1. The van der Waals surface area contributed by atoms with Crippen LogP contribution in [-0.4, -0.2) is 73.1 Å². The zero-order valence-corrected chi connectivity index (χ0v) is 21.8. The number of likely N-dealkylation sites (tertiary alicyclic amines) is 1. The van der Waals surface area contributed by atoms with Crippen LogP contribution < -0.4 is 0 Å². The second kappa shape index (κ2) is 8.58. The van der Waals surface area contributed by atoms with Crippen LogP contribution in [0.3, 0.4) is 0 Å². The maximum atomic E-state index is 15.6. The van der Waals surface area contributed by atoms with Crippen molar-refractivity contribution in [1.82, 2.24) is 19.6 Å². The number of aliphatic hydroxyl groups is 1. The van der Waals surface area contributed by atoms with E-state index in [0.29, 0.717) is 56.7 Å². The molecule has 0 bridgehead atoms. The number of hydrogen-bond acceptors (Lipinski definition) is 5. The van der Waals surface area contributed by atoms with E-state index >= 15 is 4.39 Å².